The van der Waals surface area contributed by atoms with Gasteiger partial charge in [0.1, 0.15) is 0 Å². The second-order valence-corrected chi connectivity index (χ2v) is 12.9. The molecule has 1 aliphatic heterocycles. The summed E-state index contributed by atoms with van der Waals surface area (Å²) in [6, 6.07) is 0.337. The van der Waals surface area contributed by atoms with Gasteiger partial charge in [-0.25, -0.2) is 0 Å². The quantitative estimate of drug-likeness (QED) is 0.481. The number of alkyl halides is 1. The zero-order valence-corrected chi connectivity index (χ0v) is 21.5. The molecule has 32 heavy (non-hydrogen) atoms. The summed E-state index contributed by atoms with van der Waals surface area (Å²) in [6.45, 7) is 9.16. The first-order chi connectivity index (χ1) is 15.4. The molecule has 0 aromatic carbocycles. The SMILES string of the molecule is COCC1CCCC(C(=O)N[C@@H](CN2CCC(C3CCC(Cl)CC3)C(C)(C)C2)C2CC2)C1. The second kappa shape index (κ2) is 11.0. The van der Waals surface area contributed by atoms with Gasteiger partial charge in [0, 0.05) is 44.1 Å². The van der Waals surface area contributed by atoms with E-state index in [0.717, 1.165) is 50.8 Å². The molecule has 1 amide bonds. The zero-order valence-electron chi connectivity index (χ0n) is 20.8. The van der Waals surface area contributed by atoms with Gasteiger partial charge >= 0.3 is 0 Å². The third kappa shape index (κ3) is 6.42. The zero-order chi connectivity index (χ0) is 22.7. The van der Waals surface area contributed by atoms with Crippen molar-refractivity contribution in [2.24, 2.45) is 35.0 Å². The van der Waals surface area contributed by atoms with Gasteiger partial charge in [-0.05, 0) is 99.8 Å². The molecule has 0 bridgehead atoms. The molecule has 4 atom stereocenters. The number of rotatable bonds is 8. The number of carbonyl (C=O) groups excluding carboxylic acids is 1. The van der Waals surface area contributed by atoms with Crippen LogP contribution < -0.4 is 5.32 Å². The molecule has 0 radical (unpaired) electrons. The Balaban J connectivity index is 1.29. The van der Waals surface area contributed by atoms with Crippen LogP contribution in [0.15, 0.2) is 0 Å². The van der Waals surface area contributed by atoms with Crippen LogP contribution in [0.3, 0.4) is 0 Å². The Labute approximate surface area is 201 Å². The number of hydrogen-bond donors (Lipinski definition) is 1. The monoisotopic (exact) mass is 466 g/mol. The topological polar surface area (TPSA) is 41.6 Å². The maximum Gasteiger partial charge on any atom is 0.223 e. The van der Waals surface area contributed by atoms with E-state index in [1.165, 1.54) is 57.9 Å². The minimum Gasteiger partial charge on any atom is -0.384 e. The highest BCUT2D eigenvalue weighted by Crippen LogP contribution is 2.46. The van der Waals surface area contributed by atoms with Crippen molar-refractivity contribution in [2.45, 2.75) is 95.9 Å². The first-order valence-electron chi connectivity index (χ1n) is 13.5. The Kier molecular flexibility index (Phi) is 8.48. The van der Waals surface area contributed by atoms with Crippen molar-refractivity contribution < 1.29 is 9.53 Å². The van der Waals surface area contributed by atoms with Crippen molar-refractivity contribution in [2.75, 3.05) is 33.4 Å². The van der Waals surface area contributed by atoms with Gasteiger partial charge in [-0.15, -0.1) is 11.6 Å². The van der Waals surface area contributed by atoms with E-state index in [1.54, 1.807) is 7.11 Å². The van der Waals surface area contributed by atoms with Crippen molar-refractivity contribution in [3.8, 4) is 0 Å². The lowest BCUT2D eigenvalue weighted by molar-refractivity contribution is -0.127. The molecule has 4 aliphatic rings. The molecule has 3 saturated carbocycles. The number of ether oxygens (including phenoxy) is 1. The number of methoxy groups -OCH3 is 1. The first-order valence-corrected chi connectivity index (χ1v) is 13.9. The Morgan fingerprint density at radius 3 is 2.50 bits per heavy atom. The van der Waals surface area contributed by atoms with Crippen molar-refractivity contribution >= 4 is 17.5 Å². The standard InChI is InChI=1S/C27H47ClN2O2/c1-27(2)18-30(14-13-24(27)20-9-11-23(28)12-10-20)16-25(21-7-8-21)29-26(31)22-6-4-5-19(15-22)17-32-3/h19-25H,4-18H2,1-3H3,(H,29,31)/t19?,20?,22?,23?,24?,25-/m0/s1. The first kappa shape index (κ1) is 24.8. The summed E-state index contributed by atoms with van der Waals surface area (Å²) >= 11 is 6.38. The third-order valence-corrected chi connectivity index (χ3v) is 9.63. The Morgan fingerprint density at radius 1 is 1.09 bits per heavy atom. The molecular weight excluding hydrogens is 420 g/mol. The smallest absolute Gasteiger partial charge is 0.223 e. The molecule has 1 heterocycles. The van der Waals surface area contributed by atoms with Crippen LogP contribution in [0.4, 0.5) is 0 Å². The number of carbonyl (C=O) groups is 1. The van der Waals surface area contributed by atoms with Crippen LogP contribution in [0.5, 0.6) is 0 Å². The van der Waals surface area contributed by atoms with Crippen LogP contribution in [-0.4, -0.2) is 55.6 Å². The number of piperidine rings is 1. The van der Waals surface area contributed by atoms with Crippen molar-refractivity contribution in [3.63, 3.8) is 0 Å². The van der Waals surface area contributed by atoms with Crippen molar-refractivity contribution in [1.82, 2.24) is 10.2 Å². The van der Waals surface area contributed by atoms with Gasteiger partial charge in [0.05, 0.1) is 0 Å². The van der Waals surface area contributed by atoms with Gasteiger partial charge in [-0.1, -0.05) is 20.3 Å². The van der Waals surface area contributed by atoms with Crippen LogP contribution in [0.2, 0.25) is 0 Å². The summed E-state index contributed by atoms with van der Waals surface area (Å²) in [7, 11) is 1.78. The summed E-state index contributed by atoms with van der Waals surface area (Å²) < 4.78 is 5.37. The fourth-order valence-corrected chi connectivity index (χ4v) is 7.55. The van der Waals surface area contributed by atoms with Gasteiger partial charge in [0.2, 0.25) is 5.91 Å². The van der Waals surface area contributed by atoms with Crippen molar-refractivity contribution in [3.05, 3.63) is 0 Å². The maximum atomic E-state index is 13.2. The lowest BCUT2D eigenvalue weighted by atomic mass is 9.64. The molecule has 5 heteroatoms. The summed E-state index contributed by atoms with van der Waals surface area (Å²) in [5, 5.41) is 3.94. The molecule has 4 rings (SSSR count). The van der Waals surface area contributed by atoms with E-state index in [9.17, 15) is 4.79 Å². The molecular formula is C27H47ClN2O2. The predicted octanol–water partition coefficient (Wildman–Crippen LogP) is 5.48. The van der Waals surface area contributed by atoms with Crippen molar-refractivity contribution in [1.29, 1.82) is 0 Å². The molecule has 0 aromatic heterocycles. The number of halogens is 1. The van der Waals surface area contributed by atoms with Crippen LogP contribution in [0, 0.1) is 35.0 Å². The molecule has 4 nitrogen and oxygen atoms in total. The van der Waals surface area contributed by atoms with E-state index in [4.69, 9.17) is 16.3 Å². The fraction of sp³-hybridized carbons (Fsp3) is 0.963. The number of likely N-dealkylation sites (tertiary alicyclic amines) is 1. The maximum absolute atomic E-state index is 13.2. The van der Waals surface area contributed by atoms with Gasteiger partial charge in [-0.2, -0.15) is 0 Å². The molecule has 1 N–H and O–H groups in total. The molecule has 3 unspecified atom stereocenters. The molecule has 0 spiro atoms. The van der Waals surface area contributed by atoms with Gasteiger partial charge in [0.15, 0.2) is 0 Å². The minimum atomic E-state index is 0.185. The summed E-state index contributed by atoms with van der Waals surface area (Å²) in [5.74, 6) is 3.41. The normalized spacial score (nSPS) is 37.1. The second-order valence-electron chi connectivity index (χ2n) is 12.3. The molecule has 1 saturated heterocycles. The van der Waals surface area contributed by atoms with E-state index in [-0.39, 0.29) is 5.92 Å². The summed E-state index contributed by atoms with van der Waals surface area (Å²) in [5.41, 5.74) is 0.344. The Bertz CT molecular complexity index is 613. The fourth-order valence-electron chi connectivity index (χ4n) is 7.30. The molecule has 0 aromatic rings. The highest BCUT2D eigenvalue weighted by Gasteiger charge is 2.43. The van der Waals surface area contributed by atoms with E-state index in [2.05, 4.69) is 24.1 Å². The number of nitrogens with zero attached hydrogens (tertiary/aromatic N) is 1. The predicted molar refractivity (Wildman–Crippen MR) is 132 cm³/mol. The van der Waals surface area contributed by atoms with Gasteiger partial charge < -0.3 is 15.0 Å². The minimum absolute atomic E-state index is 0.185. The Morgan fingerprint density at radius 2 is 1.84 bits per heavy atom. The summed E-state index contributed by atoms with van der Waals surface area (Å²) in [6.07, 6.45) is 13.3. The number of hydrogen-bond acceptors (Lipinski definition) is 3. The summed E-state index contributed by atoms with van der Waals surface area (Å²) in [4.78, 5) is 15.8. The van der Waals surface area contributed by atoms with Crippen LogP contribution in [0.25, 0.3) is 0 Å². The van der Waals surface area contributed by atoms with Crippen LogP contribution >= 0.6 is 11.6 Å². The largest absolute Gasteiger partial charge is 0.384 e. The number of nitrogens with one attached hydrogen (secondary N) is 1. The molecule has 184 valence electrons. The van der Waals surface area contributed by atoms with E-state index >= 15 is 0 Å². The highest BCUT2D eigenvalue weighted by atomic mass is 35.5. The van der Waals surface area contributed by atoms with E-state index in [1.807, 2.05) is 0 Å². The highest BCUT2D eigenvalue weighted by molar-refractivity contribution is 6.20. The average Bonchev–Trinajstić information content (AvgIpc) is 3.59. The third-order valence-electron chi connectivity index (χ3n) is 9.19. The van der Waals surface area contributed by atoms with Gasteiger partial charge in [-0.3, -0.25) is 4.79 Å². The number of amides is 1. The van der Waals surface area contributed by atoms with Crippen LogP contribution in [-0.2, 0) is 9.53 Å². The van der Waals surface area contributed by atoms with E-state index in [0.29, 0.717) is 34.6 Å². The Hall–Kier alpha value is -0.320. The van der Waals surface area contributed by atoms with Gasteiger partial charge in [0.25, 0.3) is 0 Å². The van der Waals surface area contributed by atoms with Crippen LogP contribution in [0.1, 0.15) is 84.5 Å². The molecule has 4 fully saturated rings. The lowest BCUT2D eigenvalue weighted by Gasteiger charge is -2.49. The van der Waals surface area contributed by atoms with E-state index < -0.39 is 0 Å². The lowest BCUT2D eigenvalue weighted by Crippen LogP contribution is -2.54. The molecule has 3 aliphatic carbocycles. The average molecular weight is 467 g/mol.